The summed E-state index contributed by atoms with van der Waals surface area (Å²) in [5, 5.41) is 9.18. The van der Waals surface area contributed by atoms with Crippen LogP contribution in [0.15, 0.2) is 0 Å². The lowest BCUT2D eigenvalue weighted by Gasteiger charge is -2.41. The minimum atomic E-state index is -0.704. The molecule has 1 rings (SSSR count). The Balaban J connectivity index is 2.58. The fourth-order valence-electron chi connectivity index (χ4n) is 3.18. The first-order chi connectivity index (χ1) is 9.38. The van der Waals surface area contributed by atoms with Gasteiger partial charge < -0.3 is 10.0 Å². The molecule has 0 radical (unpaired) electrons. The van der Waals surface area contributed by atoms with Gasteiger partial charge in [-0.25, -0.2) is 0 Å². The summed E-state index contributed by atoms with van der Waals surface area (Å²) in [6.45, 7) is 7.73. The highest BCUT2D eigenvalue weighted by Gasteiger charge is 2.36. The first-order valence-electron chi connectivity index (χ1n) is 7.88. The Morgan fingerprint density at radius 3 is 2.30 bits per heavy atom. The van der Waals surface area contributed by atoms with Gasteiger partial charge in [0.2, 0.25) is 5.91 Å². The van der Waals surface area contributed by atoms with Gasteiger partial charge in [0.1, 0.15) is 0 Å². The molecule has 0 bridgehead atoms. The Morgan fingerprint density at radius 2 is 1.85 bits per heavy atom. The number of carboxylic acids is 1. The number of amides is 1. The molecule has 4 nitrogen and oxygen atoms in total. The van der Waals surface area contributed by atoms with E-state index in [4.69, 9.17) is 0 Å². The van der Waals surface area contributed by atoms with Gasteiger partial charge in [0.25, 0.3) is 0 Å². The number of nitrogens with zero attached hydrogens (tertiary/aromatic N) is 1. The Bertz CT molecular complexity index is 331. The van der Waals surface area contributed by atoms with Crippen molar-refractivity contribution >= 4 is 11.9 Å². The van der Waals surface area contributed by atoms with E-state index in [-0.39, 0.29) is 17.7 Å². The highest BCUT2D eigenvalue weighted by atomic mass is 16.4. The third-order valence-electron chi connectivity index (χ3n) is 4.49. The number of rotatable bonds is 7. The lowest BCUT2D eigenvalue weighted by atomic mass is 9.71. The Hall–Kier alpha value is -1.06. The maximum absolute atomic E-state index is 11.7. The Morgan fingerprint density at radius 1 is 1.25 bits per heavy atom. The quantitative estimate of drug-likeness (QED) is 0.780. The normalized spacial score (nSPS) is 18.3. The van der Waals surface area contributed by atoms with Crippen LogP contribution in [0.4, 0.5) is 0 Å². The van der Waals surface area contributed by atoms with E-state index in [9.17, 15) is 14.7 Å². The molecule has 1 N–H and O–H groups in total. The standard InChI is InChI=1S/C16H29NO3/c1-4-14(18)17-10-8-16(9-11-17,12-15(19)20)7-5-6-13(2)3/h13H,4-12H2,1-3H3,(H,19,20). The van der Waals surface area contributed by atoms with E-state index in [1.54, 1.807) is 0 Å². The van der Waals surface area contributed by atoms with Gasteiger partial charge in [-0.05, 0) is 30.6 Å². The van der Waals surface area contributed by atoms with Crippen molar-refractivity contribution in [2.45, 2.75) is 65.7 Å². The van der Waals surface area contributed by atoms with Crippen molar-refractivity contribution in [2.24, 2.45) is 11.3 Å². The van der Waals surface area contributed by atoms with Crippen LogP contribution in [0.1, 0.15) is 65.7 Å². The number of aliphatic carboxylic acids is 1. The molecule has 0 saturated carbocycles. The molecule has 0 aliphatic carbocycles. The molecule has 0 aromatic rings. The first kappa shape index (κ1) is 17.0. The lowest BCUT2D eigenvalue weighted by Crippen LogP contribution is -2.43. The van der Waals surface area contributed by atoms with Gasteiger partial charge in [0.15, 0.2) is 0 Å². The number of likely N-dealkylation sites (tertiary alicyclic amines) is 1. The second-order valence-corrected chi connectivity index (χ2v) is 6.59. The summed E-state index contributed by atoms with van der Waals surface area (Å²) >= 11 is 0. The average Bonchev–Trinajstić information content (AvgIpc) is 2.37. The number of hydrogen-bond acceptors (Lipinski definition) is 2. The molecule has 1 aliphatic rings. The zero-order valence-electron chi connectivity index (χ0n) is 13.2. The molecule has 0 atom stereocenters. The van der Waals surface area contributed by atoms with Crippen molar-refractivity contribution < 1.29 is 14.7 Å². The summed E-state index contributed by atoms with van der Waals surface area (Å²) in [7, 11) is 0. The van der Waals surface area contributed by atoms with E-state index in [1.165, 1.54) is 0 Å². The average molecular weight is 283 g/mol. The molecule has 0 unspecified atom stereocenters. The van der Waals surface area contributed by atoms with Crippen molar-refractivity contribution in [1.82, 2.24) is 4.90 Å². The highest BCUT2D eigenvalue weighted by molar-refractivity contribution is 5.76. The van der Waals surface area contributed by atoms with Crippen LogP contribution in [-0.4, -0.2) is 35.0 Å². The van der Waals surface area contributed by atoms with Gasteiger partial charge in [0, 0.05) is 19.5 Å². The van der Waals surface area contributed by atoms with Gasteiger partial charge in [-0.3, -0.25) is 9.59 Å². The van der Waals surface area contributed by atoms with Crippen molar-refractivity contribution in [3.05, 3.63) is 0 Å². The predicted octanol–water partition coefficient (Wildman–Crippen LogP) is 3.31. The first-order valence-corrected chi connectivity index (χ1v) is 7.88. The second kappa shape index (κ2) is 7.65. The number of carbonyl (C=O) groups is 2. The van der Waals surface area contributed by atoms with E-state index in [2.05, 4.69) is 13.8 Å². The minimum absolute atomic E-state index is 0.0920. The lowest BCUT2D eigenvalue weighted by molar-refractivity contribution is -0.141. The van der Waals surface area contributed by atoms with Crippen LogP contribution in [-0.2, 0) is 9.59 Å². The number of piperidine rings is 1. The molecular weight excluding hydrogens is 254 g/mol. The number of hydrogen-bond donors (Lipinski definition) is 1. The molecule has 1 fully saturated rings. The maximum atomic E-state index is 11.7. The van der Waals surface area contributed by atoms with E-state index in [0.29, 0.717) is 12.3 Å². The van der Waals surface area contributed by atoms with Crippen molar-refractivity contribution in [1.29, 1.82) is 0 Å². The third-order valence-corrected chi connectivity index (χ3v) is 4.49. The maximum Gasteiger partial charge on any atom is 0.303 e. The molecule has 0 aromatic heterocycles. The van der Waals surface area contributed by atoms with Crippen LogP contribution >= 0.6 is 0 Å². The fourth-order valence-corrected chi connectivity index (χ4v) is 3.18. The predicted molar refractivity (Wildman–Crippen MR) is 79.5 cm³/mol. The van der Waals surface area contributed by atoms with Gasteiger partial charge in [-0.15, -0.1) is 0 Å². The SMILES string of the molecule is CCC(=O)N1CCC(CCCC(C)C)(CC(=O)O)CC1. The monoisotopic (exact) mass is 283 g/mol. The molecule has 1 amide bonds. The summed E-state index contributed by atoms with van der Waals surface area (Å²) in [4.78, 5) is 24.8. The number of carboxylic acid groups (broad SMARTS) is 1. The van der Waals surface area contributed by atoms with Crippen LogP contribution in [0.5, 0.6) is 0 Å². The van der Waals surface area contributed by atoms with E-state index < -0.39 is 5.97 Å². The Labute approximate surface area is 122 Å². The zero-order valence-corrected chi connectivity index (χ0v) is 13.2. The fraction of sp³-hybridized carbons (Fsp3) is 0.875. The number of carbonyl (C=O) groups excluding carboxylic acids is 1. The second-order valence-electron chi connectivity index (χ2n) is 6.59. The van der Waals surface area contributed by atoms with Crippen LogP contribution in [0, 0.1) is 11.3 Å². The summed E-state index contributed by atoms with van der Waals surface area (Å²) in [6, 6.07) is 0. The molecule has 116 valence electrons. The molecular formula is C16H29NO3. The van der Waals surface area contributed by atoms with E-state index >= 15 is 0 Å². The molecule has 20 heavy (non-hydrogen) atoms. The summed E-state index contributed by atoms with van der Waals surface area (Å²) in [6.07, 6.45) is 5.68. The van der Waals surface area contributed by atoms with Crippen LogP contribution in [0.25, 0.3) is 0 Å². The summed E-state index contributed by atoms with van der Waals surface area (Å²) < 4.78 is 0. The van der Waals surface area contributed by atoms with Gasteiger partial charge in [-0.1, -0.05) is 33.6 Å². The molecule has 1 aliphatic heterocycles. The van der Waals surface area contributed by atoms with Crippen LogP contribution < -0.4 is 0 Å². The highest BCUT2D eigenvalue weighted by Crippen LogP contribution is 2.40. The van der Waals surface area contributed by atoms with E-state index in [1.807, 2.05) is 11.8 Å². The molecule has 4 heteroatoms. The summed E-state index contributed by atoms with van der Waals surface area (Å²) in [5.41, 5.74) is -0.0920. The largest absolute Gasteiger partial charge is 0.481 e. The van der Waals surface area contributed by atoms with Crippen molar-refractivity contribution in [3.8, 4) is 0 Å². The molecule has 0 spiro atoms. The van der Waals surface area contributed by atoms with Crippen LogP contribution in [0.3, 0.4) is 0 Å². The smallest absolute Gasteiger partial charge is 0.303 e. The minimum Gasteiger partial charge on any atom is -0.481 e. The van der Waals surface area contributed by atoms with Gasteiger partial charge in [0.05, 0.1) is 6.42 Å². The molecule has 1 saturated heterocycles. The molecule has 1 heterocycles. The Kier molecular flexibility index (Phi) is 6.50. The van der Waals surface area contributed by atoms with Crippen LogP contribution in [0.2, 0.25) is 0 Å². The summed E-state index contributed by atoms with van der Waals surface area (Å²) in [5.74, 6) is 0.152. The molecule has 0 aromatic carbocycles. The van der Waals surface area contributed by atoms with Crippen molar-refractivity contribution in [3.63, 3.8) is 0 Å². The zero-order chi connectivity index (χ0) is 15.2. The third kappa shape index (κ3) is 5.14. The van der Waals surface area contributed by atoms with Gasteiger partial charge in [-0.2, -0.15) is 0 Å². The topological polar surface area (TPSA) is 57.6 Å². The van der Waals surface area contributed by atoms with Crippen molar-refractivity contribution in [2.75, 3.05) is 13.1 Å². The van der Waals surface area contributed by atoms with Gasteiger partial charge >= 0.3 is 5.97 Å². The van der Waals surface area contributed by atoms with E-state index in [0.717, 1.165) is 45.2 Å².